The SMILES string of the molecule is O.O.O.O.O.O.O.O.O.O.O.O.O.O.O.O.O.O.O.O.O.O.O.O.O.O.O.O.O.O.O.O.O.O.O.O.[Cl-].[Cl-].[Cl-].[Cr+3]. The molecular formula is H72Cl3CrO36. The Hall–Kier alpha value is -0.0375. The molecule has 0 saturated carbocycles. The molecule has 1 radical (unpaired) electrons. The molecule has 0 aromatic rings. The average Bonchev–Trinajstić information content (AvgIpc) is 0. The Kier molecular flexibility index (Phi) is 42900000000000. The van der Waals surface area contributed by atoms with Crippen LogP contribution in [-0.2, 0) is 17.4 Å². The van der Waals surface area contributed by atoms with Gasteiger partial charge in [0, 0.05) is 0 Å². The molecule has 0 aliphatic rings. The van der Waals surface area contributed by atoms with Gasteiger partial charge in [-0.2, -0.15) is 0 Å². The summed E-state index contributed by atoms with van der Waals surface area (Å²) < 4.78 is 0. The molecule has 0 aromatic carbocycles. The summed E-state index contributed by atoms with van der Waals surface area (Å²) in [6.07, 6.45) is 0. The van der Waals surface area contributed by atoms with Crippen molar-refractivity contribution in [1.29, 1.82) is 0 Å². The van der Waals surface area contributed by atoms with Crippen molar-refractivity contribution in [3.63, 3.8) is 0 Å². The Morgan fingerprint density at radius 3 is 0.0750 bits per heavy atom. The van der Waals surface area contributed by atoms with Crippen LogP contribution in [0.1, 0.15) is 0 Å². The molecule has 36 nitrogen and oxygen atoms in total. The van der Waals surface area contributed by atoms with Gasteiger partial charge in [-0.15, -0.1) is 0 Å². The van der Waals surface area contributed by atoms with Gasteiger partial charge < -0.3 is 234 Å². The summed E-state index contributed by atoms with van der Waals surface area (Å²) >= 11 is 0. The van der Waals surface area contributed by atoms with Gasteiger partial charge in [0.25, 0.3) is 0 Å². The number of hydrogen-bond donors (Lipinski definition) is 0. The molecule has 40 heteroatoms. The van der Waals surface area contributed by atoms with Crippen LogP contribution >= 0.6 is 0 Å². The first-order chi connectivity index (χ1) is 0. The number of halogens is 3. The first-order valence-electron chi connectivity index (χ1n) is 0. The Bertz CT molecular complexity index is 22.0. The standard InChI is InChI=1S/3ClH.Cr.36H2O/h3*1H;;36*1H2/q;;;+3;;;;;;;;;;;;;;;;;;;;;;;;;;;;;;;;;;;;/p-3. The summed E-state index contributed by atoms with van der Waals surface area (Å²) in [6, 6.07) is 0. The summed E-state index contributed by atoms with van der Waals surface area (Å²) in [6.45, 7) is 0. The molecule has 315 valence electrons. The van der Waals surface area contributed by atoms with Crippen LogP contribution in [0.15, 0.2) is 0 Å². The van der Waals surface area contributed by atoms with E-state index in [2.05, 4.69) is 0 Å². The molecule has 0 heterocycles. The predicted molar refractivity (Wildman–Crippen MR) is 130 cm³/mol. The smallest absolute Gasteiger partial charge is 1.00 e. The Morgan fingerprint density at radius 1 is 0.0750 bits per heavy atom. The van der Waals surface area contributed by atoms with Crippen molar-refractivity contribution in [3.8, 4) is 0 Å². The van der Waals surface area contributed by atoms with Gasteiger partial charge in [0.2, 0.25) is 0 Å². The molecule has 0 aliphatic carbocycles. The molecule has 0 unspecified atom stereocenters. The van der Waals surface area contributed by atoms with Crippen LogP contribution in [0.5, 0.6) is 0 Å². The van der Waals surface area contributed by atoms with E-state index in [1.54, 1.807) is 0 Å². The largest absolute Gasteiger partial charge is 3.00 e. The third-order valence-corrected chi connectivity index (χ3v) is 0. The van der Waals surface area contributed by atoms with E-state index in [1.165, 1.54) is 0 Å². The van der Waals surface area contributed by atoms with Gasteiger partial charge in [-0.25, -0.2) is 0 Å². The van der Waals surface area contributed by atoms with Crippen molar-refractivity contribution >= 4 is 0 Å². The minimum atomic E-state index is 0. The van der Waals surface area contributed by atoms with Gasteiger partial charge in [0.1, 0.15) is 0 Å². The van der Waals surface area contributed by atoms with E-state index in [4.69, 9.17) is 0 Å². The van der Waals surface area contributed by atoms with E-state index in [1.807, 2.05) is 0 Å². The van der Waals surface area contributed by atoms with Gasteiger partial charge in [-0.05, 0) is 0 Å². The van der Waals surface area contributed by atoms with Crippen LogP contribution in [0.4, 0.5) is 0 Å². The summed E-state index contributed by atoms with van der Waals surface area (Å²) in [5, 5.41) is 0. The number of hydrogen-bond acceptors (Lipinski definition) is 0. The summed E-state index contributed by atoms with van der Waals surface area (Å²) in [5.74, 6) is 0. The van der Waals surface area contributed by atoms with E-state index in [9.17, 15) is 0 Å². The van der Waals surface area contributed by atoms with Crippen molar-refractivity contribution in [2.75, 3.05) is 0 Å². The maximum atomic E-state index is 0. The molecule has 0 aliphatic heterocycles. The summed E-state index contributed by atoms with van der Waals surface area (Å²) in [5.41, 5.74) is 0. The molecule has 0 bridgehead atoms. The van der Waals surface area contributed by atoms with Crippen molar-refractivity contribution in [3.05, 3.63) is 0 Å². The molecule has 72 N–H and O–H groups in total. The zero-order valence-corrected chi connectivity index (χ0v) is 23.1. The van der Waals surface area contributed by atoms with E-state index in [-0.39, 0.29) is 252 Å². The fourth-order valence-corrected chi connectivity index (χ4v) is 0. The quantitative estimate of drug-likeness (QED) is 0.220. The number of rotatable bonds is 0. The zero-order valence-electron chi connectivity index (χ0n) is 19.5. The second-order valence-corrected chi connectivity index (χ2v) is 0. The first-order valence-corrected chi connectivity index (χ1v) is 0. The second kappa shape index (κ2) is 39900000. The van der Waals surface area contributed by atoms with Crippen molar-refractivity contribution in [2.24, 2.45) is 0 Å². The van der Waals surface area contributed by atoms with E-state index in [0.717, 1.165) is 0 Å². The van der Waals surface area contributed by atoms with Gasteiger partial charge in [-0.1, -0.05) is 0 Å². The van der Waals surface area contributed by atoms with Gasteiger partial charge in [0.05, 0.1) is 0 Å². The molecule has 0 aromatic heterocycles. The van der Waals surface area contributed by atoms with Crippen LogP contribution < -0.4 is 37.2 Å². The Morgan fingerprint density at radius 2 is 0.0750 bits per heavy atom. The Labute approximate surface area is 252 Å². The summed E-state index contributed by atoms with van der Waals surface area (Å²) in [7, 11) is 0. The molecule has 0 saturated heterocycles. The fraction of sp³-hybridized carbons (Fsp3) is 0. The molecule has 0 spiro atoms. The molecule has 40 heavy (non-hydrogen) atoms. The predicted octanol–water partition coefficient (Wildman–Crippen LogP) is -38.7. The van der Waals surface area contributed by atoms with Crippen molar-refractivity contribution in [1.82, 2.24) is 0 Å². The van der Waals surface area contributed by atoms with E-state index >= 15 is 0 Å². The van der Waals surface area contributed by atoms with Crippen LogP contribution in [0, 0.1) is 0 Å². The van der Waals surface area contributed by atoms with Crippen LogP contribution in [0.3, 0.4) is 0 Å². The zero-order chi connectivity index (χ0) is 0. The monoisotopic (exact) mass is 805 g/mol. The van der Waals surface area contributed by atoms with E-state index < -0.39 is 0 Å². The normalized spacial score (nSPS) is 0. The molecular weight excluding hydrogens is 734 g/mol. The van der Waals surface area contributed by atoms with Crippen molar-refractivity contribution in [2.45, 2.75) is 0 Å². The maximum Gasteiger partial charge on any atom is 3.00 e. The van der Waals surface area contributed by atoms with Crippen LogP contribution in [-0.4, -0.2) is 197 Å². The second-order valence-electron chi connectivity index (χ2n) is 0. The molecule has 0 amide bonds. The Balaban J connectivity index is 0. The van der Waals surface area contributed by atoms with Gasteiger partial charge in [0.15, 0.2) is 0 Å². The topological polar surface area (TPSA) is 1130 Å². The average molecular weight is 807 g/mol. The van der Waals surface area contributed by atoms with Crippen LogP contribution in [0.2, 0.25) is 0 Å². The third kappa shape index (κ3) is 36800000. The maximum absolute atomic E-state index is 0. The summed E-state index contributed by atoms with van der Waals surface area (Å²) in [4.78, 5) is 0. The minimum Gasteiger partial charge on any atom is -1.00 e. The fourth-order valence-electron chi connectivity index (χ4n) is 0. The van der Waals surface area contributed by atoms with Crippen molar-refractivity contribution < 1.29 is 252 Å². The first kappa shape index (κ1) is 43100000. The van der Waals surface area contributed by atoms with Gasteiger partial charge >= 0.3 is 17.4 Å². The molecule has 0 atom stereocenters. The molecule has 0 rings (SSSR count). The van der Waals surface area contributed by atoms with Gasteiger partial charge in [-0.3, -0.25) is 0 Å². The minimum absolute atomic E-state index is 0. The van der Waals surface area contributed by atoms with E-state index in [0.29, 0.717) is 0 Å². The third-order valence-electron chi connectivity index (χ3n) is 0. The molecule has 0 fully saturated rings. The van der Waals surface area contributed by atoms with Crippen LogP contribution in [0.25, 0.3) is 0 Å².